The number of benzene rings is 3. The Bertz CT molecular complexity index is 1450. The molecule has 0 fully saturated rings. The lowest BCUT2D eigenvalue weighted by molar-refractivity contribution is 0.417. The first-order valence-electron chi connectivity index (χ1n) is 8.49. The van der Waals surface area contributed by atoms with Gasteiger partial charge in [-0.15, -0.1) is 5.11 Å². The highest BCUT2D eigenvalue weighted by Gasteiger charge is 2.21. The number of nitrogens with two attached hydrogens (primary N) is 2. The van der Waals surface area contributed by atoms with Gasteiger partial charge in [0.1, 0.15) is 16.3 Å². The van der Waals surface area contributed by atoms with Gasteiger partial charge in [0.2, 0.25) is 0 Å². The number of aryl methyl sites for hydroxylation is 1. The second kappa shape index (κ2) is 7.77. The molecule has 3 rings (SSSR count). The van der Waals surface area contributed by atoms with Crippen molar-refractivity contribution in [1.82, 2.24) is 0 Å². The molecular weight excluding hydrogens is 448 g/mol. The van der Waals surface area contributed by atoms with Gasteiger partial charge in [0.05, 0.1) is 29.1 Å². The summed E-state index contributed by atoms with van der Waals surface area (Å²) in [6.07, 6.45) is 0. The summed E-state index contributed by atoms with van der Waals surface area (Å²) in [7, 11) is -8.12. The number of nitrogen functional groups attached to an aromatic ring is 2. The molecule has 0 aromatic heterocycles. The van der Waals surface area contributed by atoms with Gasteiger partial charge >= 0.3 is 0 Å². The molecule has 0 aliphatic heterocycles. The number of hydrogen-bond donors (Lipinski definition) is 4. The van der Waals surface area contributed by atoms with Gasteiger partial charge in [0.25, 0.3) is 20.2 Å². The van der Waals surface area contributed by atoms with Gasteiger partial charge in [-0.05, 0) is 48.2 Å². The molecule has 3 aromatic rings. The topological polar surface area (TPSA) is 195 Å². The van der Waals surface area contributed by atoms with Gasteiger partial charge in [0.15, 0.2) is 0 Å². The van der Waals surface area contributed by atoms with Gasteiger partial charge in [-0.1, -0.05) is 0 Å². The van der Waals surface area contributed by atoms with E-state index in [-0.39, 0.29) is 27.8 Å². The van der Waals surface area contributed by atoms with Gasteiger partial charge < -0.3 is 16.2 Å². The first-order chi connectivity index (χ1) is 14.3. The van der Waals surface area contributed by atoms with Crippen LogP contribution in [0, 0.1) is 6.92 Å². The highest BCUT2D eigenvalue weighted by molar-refractivity contribution is 7.86. The summed E-state index contributed by atoms with van der Waals surface area (Å²) in [4.78, 5) is -1.38. The fraction of sp³-hybridized carbons (Fsp3) is 0.111. The lowest BCUT2D eigenvalue weighted by atomic mass is 10.1. The number of methoxy groups -OCH3 is 1. The largest absolute Gasteiger partial charge is 0.495 e. The van der Waals surface area contributed by atoms with E-state index in [1.165, 1.54) is 31.4 Å². The van der Waals surface area contributed by atoms with Crippen molar-refractivity contribution in [2.75, 3.05) is 18.6 Å². The predicted octanol–water partition coefficient (Wildman–Crippen LogP) is 3.23. The molecule has 0 unspecified atom stereocenters. The fourth-order valence-corrected chi connectivity index (χ4v) is 4.25. The fourth-order valence-electron chi connectivity index (χ4n) is 2.90. The molecule has 3 aromatic carbocycles. The SMILES string of the molecule is COc1cc(N=Nc2cc3c(S(=O)(=O)O)cc(S(=O)(=O)O)cc3cc2C)c(N)cc1N. The number of hydrogen-bond acceptors (Lipinski definition) is 9. The average Bonchev–Trinajstić information content (AvgIpc) is 2.65. The number of nitrogens with zero attached hydrogens (tertiary/aromatic N) is 2. The smallest absolute Gasteiger partial charge is 0.295 e. The van der Waals surface area contributed by atoms with Crippen LogP contribution in [0.15, 0.2) is 56.4 Å². The summed E-state index contributed by atoms with van der Waals surface area (Å²) in [5.74, 6) is 0.338. The van der Waals surface area contributed by atoms with Crippen molar-refractivity contribution in [1.29, 1.82) is 0 Å². The van der Waals surface area contributed by atoms with E-state index in [1.54, 1.807) is 6.92 Å². The van der Waals surface area contributed by atoms with E-state index < -0.39 is 30.0 Å². The van der Waals surface area contributed by atoms with Crippen LogP contribution in [0.25, 0.3) is 10.8 Å². The van der Waals surface area contributed by atoms with Gasteiger partial charge in [-0.3, -0.25) is 9.11 Å². The van der Waals surface area contributed by atoms with Crippen molar-refractivity contribution in [3.8, 4) is 5.75 Å². The van der Waals surface area contributed by atoms with Crippen LogP contribution in [-0.2, 0) is 20.2 Å². The zero-order chi connectivity index (χ0) is 23.1. The van der Waals surface area contributed by atoms with Crippen molar-refractivity contribution in [3.05, 3.63) is 42.0 Å². The minimum Gasteiger partial charge on any atom is -0.495 e. The minimum atomic E-state index is -4.83. The molecule has 6 N–H and O–H groups in total. The second-order valence-electron chi connectivity index (χ2n) is 6.58. The van der Waals surface area contributed by atoms with Crippen LogP contribution >= 0.6 is 0 Å². The summed E-state index contributed by atoms with van der Waals surface area (Å²) in [6, 6.07) is 7.43. The predicted molar refractivity (Wildman–Crippen MR) is 114 cm³/mol. The molecule has 0 radical (unpaired) electrons. The van der Waals surface area contributed by atoms with Crippen LogP contribution in [0.2, 0.25) is 0 Å². The Kier molecular flexibility index (Phi) is 5.62. The molecule has 0 aliphatic rings. The molecule has 0 aliphatic carbocycles. The number of azo groups is 1. The Hall–Kier alpha value is -3.26. The van der Waals surface area contributed by atoms with Crippen LogP contribution in [0.3, 0.4) is 0 Å². The van der Waals surface area contributed by atoms with E-state index in [0.717, 1.165) is 6.07 Å². The Morgan fingerprint density at radius 3 is 2.06 bits per heavy atom. The molecule has 164 valence electrons. The monoisotopic (exact) mass is 466 g/mol. The summed E-state index contributed by atoms with van der Waals surface area (Å²) in [5.41, 5.74) is 13.2. The summed E-state index contributed by atoms with van der Waals surface area (Å²) in [5, 5.41) is 8.28. The standard InChI is InChI=1S/C18H18N4O7S2/c1-9-3-10-4-11(30(23,24)25)5-18(31(26,27)28)12(10)6-15(9)21-22-16-8-17(29-2)14(20)7-13(16)19/h3-8H,19-20H2,1-2H3,(H,23,24,25)(H,26,27,28). The van der Waals surface area contributed by atoms with Crippen LogP contribution in [0.5, 0.6) is 5.75 Å². The van der Waals surface area contributed by atoms with E-state index in [0.29, 0.717) is 23.1 Å². The first kappa shape index (κ1) is 22.4. The molecule has 0 heterocycles. The Labute approximate surface area is 177 Å². The molecule has 0 spiro atoms. The average molecular weight is 466 g/mol. The Balaban J connectivity index is 2.22. The lowest BCUT2D eigenvalue weighted by Crippen LogP contribution is -2.04. The second-order valence-corrected chi connectivity index (χ2v) is 9.40. The summed E-state index contributed by atoms with van der Waals surface area (Å²) < 4.78 is 70.6. The van der Waals surface area contributed by atoms with Crippen molar-refractivity contribution in [3.63, 3.8) is 0 Å². The molecule has 31 heavy (non-hydrogen) atoms. The van der Waals surface area contributed by atoms with E-state index >= 15 is 0 Å². The van der Waals surface area contributed by atoms with Crippen molar-refractivity contribution in [2.24, 2.45) is 10.2 Å². The molecule has 0 atom stereocenters. The third-order valence-electron chi connectivity index (χ3n) is 4.42. The maximum absolute atomic E-state index is 11.8. The van der Waals surface area contributed by atoms with E-state index in [2.05, 4.69) is 10.2 Å². The van der Waals surface area contributed by atoms with Crippen molar-refractivity contribution >= 4 is 53.8 Å². The number of rotatable bonds is 5. The van der Waals surface area contributed by atoms with Crippen LogP contribution in [0.1, 0.15) is 5.56 Å². The van der Waals surface area contributed by atoms with E-state index in [1.807, 2.05) is 0 Å². The number of fused-ring (bicyclic) bond motifs is 1. The summed E-state index contributed by atoms with van der Waals surface area (Å²) >= 11 is 0. The molecule has 0 saturated carbocycles. The Morgan fingerprint density at radius 1 is 0.839 bits per heavy atom. The third-order valence-corrected chi connectivity index (χ3v) is 6.15. The number of anilines is 2. The maximum Gasteiger partial charge on any atom is 0.295 e. The zero-order valence-corrected chi connectivity index (χ0v) is 17.9. The molecule has 11 nitrogen and oxygen atoms in total. The Morgan fingerprint density at radius 2 is 1.48 bits per heavy atom. The lowest BCUT2D eigenvalue weighted by Gasteiger charge is -2.10. The van der Waals surface area contributed by atoms with Crippen LogP contribution in [-0.4, -0.2) is 33.1 Å². The molecule has 13 heteroatoms. The van der Waals surface area contributed by atoms with E-state index in [4.69, 9.17) is 16.2 Å². The summed E-state index contributed by atoms with van der Waals surface area (Å²) in [6.45, 7) is 1.63. The molecule has 0 bridgehead atoms. The minimum absolute atomic E-state index is 0.0164. The number of ether oxygens (including phenoxy) is 1. The van der Waals surface area contributed by atoms with Crippen LogP contribution in [0.4, 0.5) is 22.7 Å². The van der Waals surface area contributed by atoms with Gasteiger partial charge in [-0.25, -0.2) is 0 Å². The zero-order valence-electron chi connectivity index (χ0n) is 16.3. The molecule has 0 saturated heterocycles. The van der Waals surface area contributed by atoms with Crippen LogP contribution < -0.4 is 16.2 Å². The third kappa shape index (κ3) is 4.59. The normalized spacial score (nSPS) is 12.5. The maximum atomic E-state index is 11.8. The first-order valence-corrected chi connectivity index (χ1v) is 11.4. The van der Waals surface area contributed by atoms with Crippen molar-refractivity contribution < 1.29 is 30.7 Å². The highest BCUT2D eigenvalue weighted by Crippen LogP contribution is 2.36. The molecule has 0 amide bonds. The quantitative estimate of drug-likeness (QED) is 0.248. The van der Waals surface area contributed by atoms with Gasteiger partial charge in [-0.2, -0.15) is 21.9 Å². The highest BCUT2D eigenvalue weighted by atomic mass is 32.2. The molecular formula is C18H18N4O7S2. The van der Waals surface area contributed by atoms with Gasteiger partial charge in [0, 0.05) is 11.5 Å². The van der Waals surface area contributed by atoms with Crippen molar-refractivity contribution in [2.45, 2.75) is 16.7 Å². The van der Waals surface area contributed by atoms with E-state index in [9.17, 15) is 25.9 Å².